The lowest BCUT2D eigenvalue weighted by molar-refractivity contribution is -0.142. The monoisotopic (exact) mass is 352 g/mol. The number of likely N-dealkylation sites (tertiary alicyclic amines) is 1. The van der Waals surface area contributed by atoms with Crippen LogP contribution in [0.15, 0.2) is 42.7 Å². The standard InChI is InChI=1S/C20H20N2O4/c23-18(14-8-9-21-10-14)12-4-6-13(7-5-12)19(24)22-11-15-2-1-3-16(15)17(22)20(25)26/h4-10,15-17,21H,1-3,11H2,(H,25,26). The number of nitrogens with one attached hydrogen (secondary N) is 1. The molecule has 0 radical (unpaired) electrons. The van der Waals surface area contributed by atoms with Gasteiger partial charge in [0.05, 0.1) is 0 Å². The van der Waals surface area contributed by atoms with Crippen molar-refractivity contribution in [1.82, 2.24) is 9.88 Å². The number of carbonyl (C=O) groups is 3. The van der Waals surface area contributed by atoms with E-state index in [4.69, 9.17) is 0 Å². The van der Waals surface area contributed by atoms with Crippen LogP contribution in [0, 0.1) is 11.8 Å². The van der Waals surface area contributed by atoms with Gasteiger partial charge in [0.2, 0.25) is 0 Å². The third-order valence-electron chi connectivity index (χ3n) is 5.66. The minimum Gasteiger partial charge on any atom is -0.480 e. The number of aliphatic carboxylic acids is 1. The van der Waals surface area contributed by atoms with Crippen molar-refractivity contribution in [3.8, 4) is 0 Å². The molecule has 134 valence electrons. The Morgan fingerprint density at radius 3 is 2.38 bits per heavy atom. The average Bonchev–Trinajstić information content (AvgIpc) is 3.36. The Morgan fingerprint density at radius 1 is 1.00 bits per heavy atom. The normalized spacial score (nSPS) is 24.5. The number of carbonyl (C=O) groups excluding carboxylic acids is 2. The highest BCUT2D eigenvalue weighted by Crippen LogP contribution is 2.42. The third kappa shape index (κ3) is 2.71. The Kier molecular flexibility index (Phi) is 4.11. The largest absolute Gasteiger partial charge is 0.480 e. The van der Waals surface area contributed by atoms with Crippen molar-refractivity contribution in [2.24, 2.45) is 11.8 Å². The summed E-state index contributed by atoms with van der Waals surface area (Å²) >= 11 is 0. The molecule has 2 heterocycles. The van der Waals surface area contributed by atoms with Crippen molar-refractivity contribution in [2.75, 3.05) is 6.54 Å². The molecule has 4 rings (SSSR count). The maximum atomic E-state index is 12.9. The Hall–Kier alpha value is -2.89. The fourth-order valence-corrected chi connectivity index (χ4v) is 4.39. The van der Waals surface area contributed by atoms with E-state index in [0.717, 1.165) is 19.3 Å². The van der Waals surface area contributed by atoms with Crippen LogP contribution in [-0.2, 0) is 4.79 Å². The number of hydrogen-bond acceptors (Lipinski definition) is 3. The van der Waals surface area contributed by atoms with Gasteiger partial charge in [-0.25, -0.2) is 4.79 Å². The second kappa shape index (κ2) is 6.44. The predicted molar refractivity (Wildman–Crippen MR) is 94.0 cm³/mol. The quantitative estimate of drug-likeness (QED) is 0.828. The molecular formula is C20H20N2O4. The number of aromatic amines is 1. The number of H-pyrrole nitrogens is 1. The summed E-state index contributed by atoms with van der Waals surface area (Å²) in [5, 5.41) is 9.61. The summed E-state index contributed by atoms with van der Waals surface area (Å²) in [6, 6.07) is 7.41. The number of hydrogen-bond donors (Lipinski definition) is 2. The fourth-order valence-electron chi connectivity index (χ4n) is 4.39. The molecule has 3 unspecified atom stereocenters. The molecule has 1 aromatic carbocycles. The van der Waals surface area contributed by atoms with Crippen LogP contribution >= 0.6 is 0 Å². The van der Waals surface area contributed by atoms with Crippen LogP contribution in [0.2, 0.25) is 0 Å². The highest BCUT2D eigenvalue weighted by molar-refractivity contribution is 6.09. The van der Waals surface area contributed by atoms with Gasteiger partial charge in [-0.3, -0.25) is 9.59 Å². The van der Waals surface area contributed by atoms with Crippen molar-refractivity contribution in [1.29, 1.82) is 0 Å². The van der Waals surface area contributed by atoms with Crippen LogP contribution in [0.1, 0.15) is 45.5 Å². The summed E-state index contributed by atoms with van der Waals surface area (Å²) < 4.78 is 0. The van der Waals surface area contributed by atoms with Gasteiger partial charge in [0.25, 0.3) is 5.91 Å². The zero-order valence-electron chi connectivity index (χ0n) is 14.2. The van der Waals surface area contributed by atoms with Gasteiger partial charge in [-0.1, -0.05) is 18.6 Å². The molecule has 1 amide bonds. The number of carboxylic acids is 1. The Morgan fingerprint density at radius 2 is 1.73 bits per heavy atom. The lowest BCUT2D eigenvalue weighted by atomic mass is 9.94. The van der Waals surface area contributed by atoms with E-state index in [0.29, 0.717) is 23.2 Å². The molecule has 1 saturated heterocycles. The Bertz CT molecular complexity index is 841. The second-order valence-electron chi connectivity index (χ2n) is 7.10. The summed E-state index contributed by atoms with van der Waals surface area (Å²) in [6.45, 7) is 0.504. The number of amides is 1. The number of ketones is 1. The molecule has 1 aromatic heterocycles. The number of rotatable bonds is 4. The molecule has 1 aliphatic carbocycles. The van der Waals surface area contributed by atoms with Crippen molar-refractivity contribution < 1.29 is 19.5 Å². The molecule has 2 aromatic rings. The first kappa shape index (κ1) is 16.6. The van der Waals surface area contributed by atoms with Crippen molar-refractivity contribution in [2.45, 2.75) is 25.3 Å². The van der Waals surface area contributed by atoms with Crippen LogP contribution in [-0.4, -0.2) is 45.2 Å². The van der Waals surface area contributed by atoms with E-state index >= 15 is 0 Å². The first-order valence-corrected chi connectivity index (χ1v) is 8.87. The van der Waals surface area contributed by atoms with Crippen molar-refractivity contribution >= 4 is 17.7 Å². The summed E-state index contributed by atoms with van der Waals surface area (Å²) in [5.41, 5.74) is 1.47. The molecule has 2 fully saturated rings. The summed E-state index contributed by atoms with van der Waals surface area (Å²) in [5.74, 6) is -0.968. The van der Waals surface area contributed by atoms with Gasteiger partial charge in [0.1, 0.15) is 6.04 Å². The van der Waals surface area contributed by atoms with Gasteiger partial charge in [-0.05, 0) is 42.9 Å². The molecule has 2 N–H and O–H groups in total. The van der Waals surface area contributed by atoms with Crippen molar-refractivity contribution in [3.63, 3.8) is 0 Å². The minimum atomic E-state index is -0.924. The first-order chi connectivity index (χ1) is 12.6. The van der Waals surface area contributed by atoms with Gasteiger partial charge in [0.15, 0.2) is 5.78 Å². The van der Waals surface area contributed by atoms with Crippen LogP contribution in [0.5, 0.6) is 0 Å². The van der Waals surface area contributed by atoms with Crippen LogP contribution in [0.4, 0.5) is 0 Å². The zero-order valence-corrected chi connectivity index (χ0v) is 14.2. The lowest BCUT2D eigenvalue weighted by Gasteiger charge is -2.24. The molecule has 0 bridgehead atoms. The number of nitrogens with zero attached hydrogens (tertiary/aromatic N) is 1. The molecule has 1 aliphatic heterocycles. The molecular weight excluding hydrogens is 332 g/mol. The number of carboxylic acid groups (broad SMARTS) is 1. The van der Waals surface area contributed by atoms with E-state index in [1.54, 1.807) is 42.7 Å². The number of benzene rings is 1. The molecule has 6 nitrogen and oxygen atoms in total. The van der Waals surface area contributed by atoms with Gasteiger partial charge < -0.3 is 15.0 Å². The molecule has 1 saturated carbocycles. The number of fused-ring (bicyclic) bond motifs is 1. The van der Waals surface area contributed by atoms with E-state index < -0.39 is 12.0 Å². The first-order valence-electron chi connectivity index (χ1n) is 8.87. The van der Waals surface area contributed by atoms with Crippen LogP contribution < -0.4 is 0 Å². The second-order valence-corrected chi connectivity index (χ2v) is 7.10. The highest BCUT2D eigenvalue weighted by atomic mass is 16.4. The van der Waals surface area contributed by atoms with E-state index in [-0.39, 0.29) is 23.5 Å². The lowest BCUT2D eigenvalue weighted by Crippen LogP contribution is -2.43. The summed E-state index contributed by atoms with van der Waals surface area (Å²) in [4.78, 5) is 41.3. The molecule has 3 atom stereocenters. The van der Waals surface area contributed by atoms with Gasteiger partial charge in [0, 0.05) is 35.6 Å². The molecule has 0 spiro atoms. The molecule has 26 heavy (non-hydrogen) atoms. The fraction of sp³-hybridized carbons (Fsp3) is 0.350. The van der Waals surface area contributed by atoms with Crippen LogP contribution in [0.25, 0.3) is 0 Å². The van der Waals surface area contributed by atoms with Gasteiger partial charge >= 0.3 is 5.97 Å². The van der Waals surface area contributed by atoms with E-state index in [1.807, 2.05) is 0 Å². The topological polar surface area (TPSA) is 90.5 Å². The number of aromatic nitrogens is 1. The smallest absolute Gasteiger partial charge is 0.326 e. The maximum Gasteiger partial charge on any atom is 0.326 e. The zero-order chi connectivity index (χ0) is 18.3. The van der Waals surface area contributed by atoms with Gasteiger partial charge in [-0.15, -0.1) is 0 Å². The maximum absolute atomic E-state index is 12.9. The molecule has 2 aliphatic rings. The third-order valence-corrected chi connectivity index (χ3v) is 5.66. The summed E-state index contributed by atoms with van der Waals surface area (Å²) in [7, 11) is 0. The summed E-state index contributed by atoms with van der Waals surface area (Å²) in [6.07, 6.45) is 6.21. The SMILES string of the molecule is O=C(c1ccc(C(=O)N2CC3CCCC3C2C(=O)O)cc1)c1cc[nH]c1. The molecule has 6 heteroatoms. The predicted octanol–water partition coefficient (Wildman–Crippen LogP) is 2.57. The Labute approximate surface area is 150 Å². The highest BCUT2D eigenvalue weighted by Gasteiger charge is 2.49. The Balaban J connectivity index is 1.55. The van der Waals surface area contributed by atoms with E-state index in [9.17, 15) is 19.5 Å². The van der Waals surface area contributed by atoms with E-state index in [1.165, 1.54) is 4.90 Å². The minimum absolute atomic E-state index is 0.0610. The van der Waals surface area contributed by atoms with Gasteiger partial charge in [-0.2, -0.15) is 0 Å². The van der Waals surface area contributed by atoms with E-state index in [2.05, 4.69) is 4.98 Å². The van der Waals surface area contributed by atoms with Crippen LogP contribution in [0.3, 0.4) is 0 Å². The average molecular weight is 352 g/mol. The van der Waals surface area contributed by atoms with Crippen molar-refractivity contribution in [3.05, 3.63) is 59.4 Å².